The van der Waals surface area contributed by atoms with Crippen LogP contribution < -0.4 is 5.32 Å². The van der Waals surface area contributed by atoms with Crippen LogP contribution in [-0.4, -0.2) is 30.0 Å². The Labute approximate surface area is 122 Å². The number of alkyl halides is 3. The number of nitrogens with one attached hydrogen (secondary N) is 1. The molecule has 1 aromatic rings. The lowest BCUT2D eigenvalue weighted by molar-refractivity contribution is -0.245. The molecule has 1 aliphatic heterocycles. The minimum atomic E-state index is -4.93. The molecule has 0 aromatic heterocycles. The van der Waals surface area contributed by atoms with Gasteiger partial charge in [0.05, 0.1) is 35.0 Å². The topological polar surface area (TPSA) is 53.8 Å². The van der Waals surface area contributed by atoms with Crippen molar-refractivity contribution in [3.05, 3.63) is 22.2 Å². The molecule has 0 saturated carbocycles. The zero-order chi connectivity index (χ0) is 15.1. The van der Waals surface area contributed by atoms with Gasteiger partial charge in [-0.25, -0.2) is 4.99 Å². The van der Waals surface area contributed by atoms with Crippen LogP contribution in [0.25, 0.3) is 0 Å². The molecule has 1 aromatic carbocycles. The second kappa shape index (κ2) is 4.98. The van der Waals surface area contributed by atoms with Crippen LogP contribution in [0.15, 0.2) is 17.1 Å². The van der Waals surface area contributed by atoms with E-state index in [1.165, 1.54) is 6.07 Å². The van der Waals surface area contributed by atoms with Crippen LogP contribution in [-0.2, 0) is 4.74 Å². The minimum absolute atomic E-state index is 0.0403. The largest absolute Gasteiger partial charge is 0.484 e. The predicted octanol–water partition coefficient (Wildman–Crippen LogP) is 3.74. The number of fused-ring (bicyclic) bond motifs is 1. The lowest BCUT2D eigenvalue weighted by Crippen LogP contribution is -2.53. The molecule has 1 atom stereocenters. The van der Waals surface area contributed by atoms with Gasteiger partial charge in [-0.1, -0.05) is 23.2 Å². The lowest BCUT2D eigenvalue weighted by Gasteiger charge is -2.30. The van der Waals surface area contributed by atoms with Crippen molar-refractivity contribution in [1.29, 1.82) is 0 Å². The third-order valence-corrected chi connectivity index (χ3v) is 3.46. The highest BCUT2D eigenvalue weighted by atomic mass is 35.5. The number of ether oxygens (including phenoxy) is 1. The van der Waals surface area contributed by atoms with Gasteiger partial charge in [0.25, 0.3) is 0 Å². The van der Waals surface area contributed by atoms with Crippen molar-refractivity contribution in [3.8, 4) is 0 Å². The normalized spacial score (nSPS) is 22.4. The molecular formula is C11H9Cl2F3N2O2. The summed E-state index contributed by atoms with van der Waals surface area (Å²) in [5, 5.41) is 12.0. The Balaban J connectivity index is 2.59. The number of methoxy groups -OCH3 is 1. The summed E-state index contributed by atoms with van der Waals surface area (Å²) in [6.07, 6.45) is -5.81. The maximum atomic E-state index is 13.0. The van der Waals surface area contributed by atoms with Gasteiger partial charge in [0.15, 0.2) is 5.90 Å². The fourth-order valence-electron chi connectivity index (χ4n) is 1.68. The number of anilines is 1. The molecule has 1 aliphatic rings. The first-order valence-electron chi connectivity index (χ1n) is 5.34. The van der Waals surface area contributed by atoms with E-state index in [1.807, 2.05) is 5.32 Å². The van der Waals surface area contributed by atoms with Crippen LogP contribution >= 0.6 is 23.2 Å². The molecule has 20 heavy (non-hydrogen) atoms. The molecule has 0 saturated heterocycles. The Morgan fingerprint density at radius 3 is 2.50 bits per heavy atom. The van der Waals surface area contributed by atoms with Gasteiger partial charge in [-0.2, -0.15) is 13.2 Å². The van der Waals surface area contributed by atoms with E-state index in [0.717, 1.165) is 13.2 Å². The fraction of sp³-hybridized carbons (Fsp3) is 0.364. The Bertz CT molecular complexity index is 578. The lowest BCUT2D eigenvalue weighted by atomic mass is 10.1. The molecule has 0 aliphatic carbocycles. The molecule has 2 N–H and O–H groups in total. The quantitative estimate of drug-likeness (QED) is 0.762. The van der Waals surface area contributed by atoms with E-state index in [2.05, 4.69) is 4.99 Å². The summed E-state index contributed by atoms with van der Waals surface area (Å²) in [6, 6.07) is 2.45. The van der Waals surface area contributed by atoms with Gasteiger partial charge in [0, 0.05) is 0 Å². The Kier molecular flexibility index (Phi) is 3.79. The van der Waals surface area contributed by atoms with E-state index >= 15 is 0 Å². The first-order chi connectivity index (χ1) is 9.16. The van der Waals surface area contributed by atoms with Crippen LogP contribution in [0, 0.1) is 0 Å². The van der Waals surface area contributed by atoms with Crippen LogP contribution in [0.5, 0.6) is 0 Å². The second-order valence-corrected chi connectivity index (χ2v) is 4.97. The van der Waals surface area contributed by atoms with Crippen molar-refractivity contribution in [3.63, 3.8) is 0 Å². The summed E-state index contributed by atoms with van der Waals surface area (Å²) >= 11 is 11.6. The highest BCUT2D eigenvalue weighted by molar-refractivity contribution is 6.42. The molecule has 0 radical (unpaired) electrons. The highest BCUT2D eigenvalue weighted by Gasteiger charge is 2.56. The second-order valence-electron chi connectivity index (χ2n) is 4.15. The van der Waals surface area contributed by atoms with E-state index in [0.29, 0.717) is 0 Å². The zero-order valence-corrected chi connectivity index (χ0v) is 11.6. The molecule has 4 nitrogen and oxygen atoms in total. The van der Waals surface area contributed by atoms with Crippen molar-refractivity contribution in [1.82, 2.24) is 0 Å². The molecule has 0 amide bonds. The van der Waals surface area contributed by atoms with Gasteiger partial charge in [-0.3, -0.25) is 0 Å². The minimum Gasteiger partial charge on any atom is -0.484 e. The van der Waals surface area contributed by atoms with Crippen LogP contribution in [0.2, 0.25) is 10.0 Å². The third-order valence-electron chi connectivity index (χ3n) is 2.74. The van der Waals surface area contributed by atoms with Crippen LogP contribution in [0.3, 0.4) is 0 Å². The van der Waals surface area contributed by atoms with Crippen LogP contribution in [0.1, 0.15) is 6.42 Å². The number of hydrogen-bond donors (Lipinski definition) is 2. The van der Waals surface area contributed by atoms with Crippen molar-refractivity contribution >= 4 is 40.5 Å². The summed E-state index contributed by atoms with van der Waals surface area (Å²) < 4.78 is 43.8. The van der Waals surface area contributed by atoms with E-state index < -0.39 is 18.3 Å². The summed E-state index contributed by atoms with van der Waals surface area (Å²) in [6.45, 7) is 0. The molecule has 0 bridgehead atoms. The maximum absolute atomic E-state index is 13.0. The average molecular weight is 329 g/mol. The monoisotopic (exact) mass is 328 g/mol. The first kappa shape index (κ1) is 15.2. The third kappa shape index (κ3) is 2.65. The molecule has 0 spiro atoms. The number of hydrogen-bond acceptors (Lipinski definition) is 4. The molecule has 1 heterocycles. The first-order valence-corrected chi connectivity index (χ1v) is 6.10. The summed E-state index contributed by atoms with van der Waals surface area (Å²) in [4.78, 5) is 3.90. The fourth-order valence-corrected chi connectivity index (χ4v) is 2.00. The van der Waals surface area contributed by atoms with E-state index in [-0.39, 0.29) is 27.3 Å². The van der Waals surface area contributed by atoms with Gasteiger partial charge >= 0.3 is 6.18 Å². The van der Waals surface area contributed by atoms with E-state index in [1.54, 1.807) is 0 Å². The average Bonchev–Trinajstić information content (AvgIpc) is 2.46. The Hall–Kier alpha value is -1.18. The zero-order valence-electron chi connectivity index (χ0n) is 10.1. The highest BCUT2D eigenvalue weighted by Crippen LogP contribution is 2.42. The Morgan fingerprint density at radius 2 is 1.95 bits per heavy atom. The molecule has 110 valence electrons. The number of nitrogens with zero attached hydrogens (tertiary/aromatic N) is 1. The molecule has 9 heteroatoms. The SMILES string of the molecule is COC1=Nc2cc(Cl)c(Cl)cc2NC(O)(C(F)(F)F)C1. The Morgan fingerprint density at radius 1 is 1.35 bits per heavy atom. The van der Waals surface area contributed by atoms with Gasteiger partial charge in [-0.15, -0.1) is 0 Å². The number of benzene rings is 1. The van der Waals surface area contributed by atoms with E-state index in [4.69, 9.17) is 27.9 Å². The van der Waals surface area contributed by atoms with Crippen molar-refractivity contribution in [2.45, 2.75) is 18.3 Å². The number of aliphatic imine (C=N–C) groups is 1. The molecule has 1 unspecified atom stereocenters. The molecule has 0 fully saturated rings. The summed E-state index contributed by atoms with van der Waals surface area (Å²) in [7, 11) is 1.16. The van der Waals surface area contributed by atoms with Crippen LogP contribution in [0.4, 0.5) is 24.5 Å². The number of rotatable bonds is 0. The van der Waals surface area contributed by atoms with Crippen molar-refractivity contribution in [2.24, 2.45) is 4.99 Å². The van der Waals surface area contributed by atoms with Gasteiger partial charge in [0.1, 0.15) is 0 Å². The van der Waals surface area contributed by atoms with Gasteiger partial charge < -0.3 is 15.2 Å². The van der Waals surface area contributed by atoms with E-state index in [9.17, 15) is 18.3 Å². The van der Waals surface area contributed by atoms with Gasteiger partial charge in [0.2, 0.25) is 5.72 Å². The molecule has 2 rings (SSSR count). The number of halogens is 5. The van der Waals surface area contributed by atoms with Crippen molar-refractivity contribution in [2.75, 3.05) is 12.4 Å². The van der Waals surface area contributed by atoms with Gasteiger partial charge in [-0.05, 0) is 12.1 Å². The maximum Gasteiger partial charge on any atom is 0.436 e. The summed E-state index contributed by atoms with van der Waals surface area (Å²) in [5.41, 5.74) is -3.20. The standard InChI is InChI=1S/C11H9Cl2F3N2O2/c1-20-9-4-10(19,11(14,15)16)18-8-3-6(13)5(12)2-7(8)17-9/h2-3,18-19H,4H2,1H3. The van der Waals surface area contributed by atoms with Crippen molar-refractivity contribution < 1.29 is 23.0 Å². The smallest absolute Gasteiger partial charge is 0.436 e. The number of aliphatic hydroxyl groups is 1. The summed E-state index contributed by atoms with van der Waals surface area (Å²) in [5.74, 6) is -0.283. The predicted molar refractivity (Wildman–Crippen MR) is 69.8 cm³/mol. The molecular weight excluding hydrogens is 320 g/mol.